The zero-order chi connectivity index (χ0) is 33.9. The largest absolute Gasteiger partial charge is 0.294 e. The highest BCUT2D eigenvalue weighted by atomic mass is 16.2. The Morgan fingerprint density at radius 1 is 0.936 bits per heavy atom. The van der Waals surface area contributed by atoms with Crippen LogP contribution in [0, 0.1) is 45.8 Å². The maximum absolute atomic E-state index is 15.1. The van der Waals surface area contributed by atoms with Crippen molar-refractivity contribution in [2.24, 2.45) is 45.8 Å². The molecule has 5 aliphatic rings. The predicted molar refractivity (Wildman–Crippen MR) is 188 cm³/mol. The number of rotatable bonds is 8. The molecule has 0 radical (unpaired) electrons. The van der Waals surface area contributed by atoms with Gasteiger partial charge < -0.3 is 0 Å². The Balaban J connectivity index is 1.37. The molecule has 6 rings (SSSR count). The van der Waals surface area contributed by atoms with Crippen LogP contribution in [0.4, 0.5) is 0 Å². The lowest BCUT2D eigenvalue weighted by Gasteiger charge is -2.61. The number of Topliss-reactive ketones (excluding diaryl/α,β-unsaturated/α-hetero) is 4. The van der Waals surface area contributed by atoms with E-state index in [-0.39, 0.29) is 51.7 Å². The average Bonchev–Trinajstić information content (AvgIpc) is 3.02. The van der Waals surface area contributed by atoms with Gasteiger partial charge in [0.25, 0.3) is 0 Å². The van der Waals surface area contributed by atoms with Gasteiger partial charge in [0.1, 0.15) is 0 Å². The molecule has 5 aliphatic carbocycles. The Morgan fingerprint density at radius 3 is 2.28 bits per heavy atom. The Kier molecular flexibility index (Phi) is 9.07. The van der Waals surface area contributed by atoms with Gasteiger partial charge in [-0.1, -0.05) is 106 Å². The minimum Gasteiger partial charge on any atom is -0.294 e. The van der Waals surface area contributed by atoms with E-state index in [1.54, 1.807) is 0 Å². The van der Waals surface area contributed by atoms with Crippen LogP contribution in [0.25, 0.3) is 0 Å². The minimum absolute atomic E-state index is 0.0462. The van der Waals surface area contributed by atoms with Crippen molar-refractivity contribution >= 4 is 23.1 Å². The van der Waals surface area contributed by atoms with Crippen molar-refractivity contribution in [2.45, 2.75) is 126 Å². The summed E-state index contributed by atoms with van der Waals surface area (Å²) in [6.07, 6.45) is 15.0. The first-order valence-corrected chi connectivity index (χ1v) is 18.5. The summed E-state index contributed by atoms with van der Waals surface area (Å²) < 4.78 is 0. The van der Waals surface area contributed by atoms with Crippen molar-refractivity contribution in [2.75, 3.05) is 0 Å². The summed E-state index contributed by atoms with van der Waals surface area (Å²) in [6, 6.07) is 9.55. The van der Waals surface area contributed by atoms with Gasteiger partial charge in [-0.05, 0) is 101 Å². The zero-order valence-electron chi connectivity index (χ0n) is 30.0. The fourth-order valence-electron chi connectivity index (χ4n) is 11.5. The van der Waals surface area contributed by atoms with Crippen LogP contribution in [0.3, 0.4) is 0 Å². The van der Waals surface area contributed by atoms with E-state index in [9.17, 15) is 14.4 Å². The van der Waals surface area contributed by atoms with E-state index in [2.05, 4.69) is 26.8 Å². The third-order valence-electron chi connectivity index (χ3n) is 14.0. The van der Waals surface area contributed by atoms with Crippen LogP contribution in [0.15, 0.2) is 64.3 Å². The summed E-state index contributed by atoms with van der Waals surface area (Å²) in [7, 11) is 0. The molecule has 0 spiro atoms. The second kappa shape index (κ2) is 12.5. The first kappa shape index (κ1) is 34.0. The molecular weight excluding hydrogens is 580 g/mol. The molecule has 1 aromatic carbocycles. The number of allylic oxidation sites excluding steroid dienone is 6. The van der Waals surface area contributed by atoms with E-state index in [1.165, 1.54) is 51.0 Å². The summed E-state index contributed by atoms with van der Waals surface area (Å²) in [4.78, 5) is 55.4. The van der Waals surface area contributed by atoms with E-state index in [4.69, 9.17) is 0 Å². The Labute approximate surface area is 282 Å². The average molecular weight is 637 g/mol. The van der Waals surface area contributed by atoms with Gasteiger partial charge in [0.05, 0.1) is 11.0 Å². The van der Waals surface area contributed by atoms with E-state index in [0.29, 0.717) is 30.8 Å². The number of fused-ring (bicyclic) bond motifs is 3. The standard InChI is InChI=1S/C43H56O4/c1-26-23-42(6)25-41(5)24-34-33(19-18-30-14-10-8-11-15-30)22-32(20-21-35(45)31-16-12-9-13-17-31)27(2)37(34)39(46)38(41)28(3)43(42,7)40(47)36(26)29(4)44/h9,12-13,16-17,22,27,30,33-34,37H,8,10-11,14-15,18-21,23-25H2,1-7H3. The molecule has 0 N–H and O–H groups in total. The van der Waals surface area contributed by atoms with Crippen LogP contribution in [-0.2, 0) is 14.4 Å². The normalized spacial score (nSPS) is 36.0. The Bertz CT molecular complexity index is 1570. The van der Waals surface area contributed by atoms with E-state index in [0.717, 1.165) is 47.5 Å². The van der Waals surface area contributed by atoms with Crippen molar-refractivity contribution in [3.8, 4) is 0 Å². The fraction of sp³-hybridized carbons (Fsp3) is 0.628. The fourth-order valence-corrected chi connectivity index (χ4v) is 11.5. The Morgan fingerprint density at radius 2 is 1.62 bits per heavy atom. The molecule has 0 aliphatic heterocycles. The number of hydrogen-bond donors (Lipinski definition) is 0. The topological polar surface area (TPSA) is 68.3 Å². The summed E-state index contributed by atoms with van der Waals surface area (Å²) in [6.45, 7) is 14.3. The molecule has 7 unspecified atom stereocenters. The number of benzene rings is 1. The molecule has 252 valence electrons. The molecule has 4 nitrogen and oxygen atoms in total. The molecule has 0 saturated heterocycles. The molecule has 4 heteroatoms. The van der Waals surface area contributed by atoms with Gasteiger partial charge in [0, 0.05) is 23.5 Å². The smallest absolute Gasteiger partial charge is 0.176 e. The Hall–Kier alpha value is -2.88. The predicted octanol–water partition coefficient (Wildman–Crippen LogP) is 10.0. The molecule has 7 atom stereocenters. The van der Waals surface area contributed by atoms with Gasteiger partial charge in [-0.15, -0.1) is 0 Å². The highest BCUT2D eigenvalue weighted by molar-refractivity contribution is 6.23. The second-order valence-electron chi connectivity index (χ2n) is 17.0. The lowest BCUT2D eigenvalue weighted by Crippen LogP contribution is -2.59. The van der Waals surface area contributed by atoms with Gasteiger partial charge in [0.2, 0.25) is 0 Å². The summed E-state index contributed by atoms with van der Waals surface area (Å²) in [5.74, 6) is 1.37. The SMILES string of the molecule is CC(=O)C1=C(C)CC2(C)CC3(C)CC4C(CCC5CCCCC5)C=C(CCC(=O)c5ccccc5)C(C)C4C(=O)C3=C(C)C2(C)C1=O. The van der Waals surface area contributed by atoms with Crippen molar-refractivity contribution in [3.63, 3.8) is 0 Å². The van der Waals surface area contributed by atoms with Crippen LogP contribution >= 0.6 is 0 Å². The van der Waals surface area contributed by atoms with Crippen molar-refractivity contribution in [3.05, 3.63) is 69.8 Å². The van der Waals surface area contributed by atoms with Crippen LogP contribution in [0.5, 0.6) is 0 Å². The summed E-state index contributed by atoms with van der Waals surface area (Å²) in [5.41, 5.74) is 3.46. The molecule has 2 saturated carbocycles. The maximum atomic E-state index is 15.1. The van der Waals surface area contributed by atoms with Gasteiger partial charge in [-0.2, -0.15) is 0 Å². The lowest BCUT2D eigenvalue weighted by molar-refractivity contribution is -0.138. The molecule has 0 amide bonds. The van der Waals surface area contributed by atoms with E-state index < -0.39 is 5.41 Å². The molecule has 47 heavy (non-hydrogen) atoms. The lowest BCUT2D eigenvalue weighted by atomic mass is 9.40. The van der Waals surface area contributed by atoms with E-state index >= 15 is 4.79 Å². The number of ketones is 4. The molecule has 0 heterocycles. The third kappa shape index (κ3) is 5.60. The molecule has 2 fully saturated rings. The first-order valence-electron chi connectivity index (χ1n) is 18.5. The molecule has 0 bridgehead atoms. The van der Waals surface area contributed by atoms with Gasteiger partial charge in [-0.25, -0.2) is 0 Å². The zero-order valence-corrected chi connectivity index (χ0v) is 30.0. The number of hydrogen-bond acceptors (Lipinski definition) is 4. The summed E-state index contributed by atoms with van der Waals surface area (Å²) >= 11 is 0. The highest BCUT2D eigenvalue weighted by Gasteiger charge is 2.65. The first-order chi connectivity index (χ1) is 22.2. The minimum atomic E-state index is -0.885. The second-order valence-corrected chi connectivity index (χ2v) is 17.0. The monoisotopic (exact) mass is 636 g/mol. The van der Waals surface area contributed by atoms with Crippen LogP contribution < -0.4 is 0 Å². The maximum Gasteiger partial charge on any atom is 0.176 e. The molecular formula is C43H56O4. The quantitative estimate of drug-likeness (QED) is 0.162. The van der Waals surface area contributed by atoms with Crippen molar-refractivity contribution < 1.29 is 19.2 Å². The molecule has 0 aromatic heterocycles. The van der Waals surface area contributed by atoms with Crippen molar-refractivity contribution in [1.29, 1.82) is 0 Å². The van der Waals surface area contributed by atoms with Crippen molar-refractivity contribution in [1.82, 2.24) is 0 Å². The molecule has 1 aromatic rings. The summed E-state index contributed by atoms with van der Waals surface area (Å²) in [5, 5.41) is 0. The number of carbonyl (C=O) groups is 4. The number of carbonyl (C=O) groups excluding carboxylic acids is 4. The van der Waals surface area contributed by atoms with E-state index in [1.807, 2.05) is 51.1 Å². The van der Waals surface area contributed by atoms with Crippen LogP contribution in [-0.4, -0.2) is 23.1 Å². The van der Waals surface area contributed by atoms with Crippen LogP contribution in [0.2, 0.25) is 0 Å². The van der Waals surface area contributed by atoms with Gasteiger partial charge >= 0.3 is 0 Å². The van der Waals surface area contributed by atoms with Gasteiger partial charge in [0.15, 0.2) is 23.1 Å². The third-order valence-corrected chi connectivity index (χ3v) is 14.0. The van der Waals surface area contributed by atoms with Crippen LogP contribution in [0.1, 0.15) is 136 Å². The highest BCUT2D eigenvalue weighted by Crippen LogP contribution is 2.68. The van der Waals surface area contributed by atoms with Gasteiger partial charge in [-0.3, -0.25) is 19.2 Å².